The highest BCUT2D eigenvalue weighted by Gasteiger charge is 2.16. The van der Waals surface area contributed by atoms with Gasteiger partial charge >= 0.3 is 0 Å². The average molecular weight is 312 g/mol. The van der Waals surface area contributed by atoms with E-state index in [9.17, 15) is 0 Å². The molecule has 0 radical (unpaired) electrons. The molecule has 1 aliphatic rings. The molecule has 0 bridgehead atoms. The van der Waals surface area contributed by atoms with Crippen molar-refractivity contribution in [2.45, 2.75) is 25.4 Å². The van der Waals surface area contributed by atoms with Crippen LogP contribution in [-0.4, -0.2) is 24.0 Å². The van der Waals surface area contributed by atoms with Gasteiger partial charge in [-0.15, -0.1) is 23.7 Å². The molecular formula is C10H16BrClN2S. The maximum Gasteiger partial charge on any atom is 0.0701 e. The summed E-state index contributed by atoms with van der Waals surface area (Å²) < 4.78 is 1.22. The summed E-state index contributed by atoms with van der Waals surface area (Å²) >= 11 is 5.30. The summed E-state index contributed by atoms with van der Waals surface area (Å²) in [6, 6.07) is 4.69. The van der Waals surface area contributed by atoms with Gasteiger partial charge in [-0.1, -0.05) is 0 Å². The predicted octanol–water partition coefficient (Wildman–Crippen LogP) is 2.86. The van der Waals surface area contributed by atoms with Crippen molar-refractivity contribution in [3.05, 3.63) is 20.8 Å². The molecule has 2 nitrogen and oxygen atoms in total. The first-order chi connectivity index (χ1) is 6.74. The monoisotopic (exact) mass is 310 g/mol. The quantitative estimate of drug-likeness (QED) is 0.910. The highest BCUT2D eigenvalue weighted by molar-refractivity contribution is 9.11. The van der Waals surface area contributed by atoms with Crippen LogP contribution in [0, 0.1) is 0 Å². The lowest BCUT2D eigenvalue weighted by Gasteiger charge is -2.30. The van der Waals surface area contributed by atoms with Crippen molar-refractivity contribution in [2.24, 2.45) is 5.73 Å². The molecule has 1 fully saturated rings. The summed E-state index contributed by atoms with van der Waals surface area (Å²) in [6.45, 7) is 3.31. The molecule has 0 aromatic carbocycles. The van der Waals surface area contributed by atoms with E-state index in [0.717, 1.165) is 13.1 Å². The van der Waals surface area contributed by atoms with Gasteiger partial charge in [0.25, 0.3) is 0 Å². The third-order valence-electron chi connectivity index (χ3n) is 2.55. The van der Waals surface area contributed by atoms with Gasteiger partial charge in [0.15, 0.2) is 0 Å². The van der Waals surface area contributed by atoms with Crippen LogP contribution in [0.5, 0.6) is 0 Å². The van der Waals surface area contributed by atoms with Gasteiger partial charge in [0.2, 0.25) is 0 Å². The van der Waals surface area contributed by atoms with Crippen molar-refractivity contribution in [2.75, 3.05) is 13.1 Å². The smallest absolute Gasteiger partial charge is 0.0701 e. The normalized spacial score (nSPS) is 22.4. The minimum atomic E-state index is 0. The first-order valence-electron chi connectivity index (χ1n) is 4.96. The topological polar surface area (TPSA) is 29.3 Å². The van der Waals surface area contributed by atoms with Crippen LogP contribution < -0.4 is 5.73 Å². The third kappa shape index (κ3) is 4.04. The molecule has 1 aromatic heterocycles. The van der Waals surface area contributed by atoms with E-state index in [1.54, 1.807) is 0 Å². The Balaban J connectivity index is 0.00000112. The fourth-order valence-corrected chi connectivity index (χ4v) is 3.42. The predicted molar refractivity (Wildman–Crippen MR) is 71.8 cm³/mol. The summed E-state index contributed by atoms with van der Waals surface area (Å²) in [6.07, 6.45) is 2.43. The number of halogens is 2. The molecular weight excluding hydrogens is 296 g/mol. The van der Waals surface area contributed by atoms with E-state index in [1.807, 2.05) is 11.3 Å². The molecule has 1 aromatic rings. The van der Waals surface area contributed by atoms with Gasteiger partial charge in [-0.05, 0) is 47.4 Å². The number of rotatable bonds is 2. The van der Waals surface area contributed by atoms with Gasteiger partial charge < -0.3 is 5.73 Å². The zero-order chi connectivity index (χ0) is 9.97. The maximum atomic E-state index is 5.94. The van der Waals surface area contributed by atoms with Gasteiger partial charge in [-0.25, -0.2) is 0 Å². The number of hydrogen-bond donors (Lipinski definition) is 1. The molecule has 0 amide bonds. The summed E-state index contributed by atoms with van der Waals surface area (Å²) in [4.78, 5) is 3.87. The number of piperidine rings is 1. The van der Waals surface area contributed by atoms with Crippen LogP contribution in [0.15, 0.2) is 15.9 Å². The highest BCUT2D eigenvalue weighted by atomic mass is 79.9. The first-order valence-corrected chi connectivity index (χ1v) is 6.57. The Hall–Kier alpha value is 0.390. The van der Waals surface area contributed by atoms with Crippen molar-refractivity contribution >= 4 is 39.7 Å². The van der Waals surface area contributed by atoms with Crippen LogP contribution in [0.1, 0.15) is 17.7 Å². The largest absolute Gasteiger partial charge is 0.327 e. The van der Waals surface area contributed by atoms with Crippen LogP contribution in [0.3, 0.4) is 0 Å². The number of thiophene rings is 1. The Kier molecular flexibility index (Phi) is 5.57. The zero-order valence-corrected chi connectivity index (χ0v) is 11.7. The fraction of sp³-hybridized carbons (Fsp3) is 0.600. The lowest BCUT2D eigenvalue weighted by molar-refractivity contribution is 0.203. The fourth-order valence-electron chi connectivity index (χ4n) is 1.89. The van der Waals surface area contributed by atoms with E-state index in [4.69, 9.17) is 5.73 Å². The Morgan fingerprint density at radius 2 is 2.33 bits per heavy atom. The Bertz CT molecular complexity index is 305. The SMILES string of the molecule is Cl.NC1CCCN(Cc2ccc(Br)s2)C1. The van der Waals surface area contributed by atoms with Crippen LogP contribution in [0.4, 0.5) is 0 Å². The summed E-state index contributed by atoms with van der Waals surface area (Å²) in [5, 5.41) is 0. The summed E-state index contributed by atoms with van der Waals surface area (Å²) in [5.41, 5.74) is 5.94. The van der Waals surface area contributed by atoms with Gasteiger partial charge in [0, 0.05) is 24.0 Å². The second-order valence-corrected chi connectivity index (χ2v) is 6.39. The number of nitrogens with two attached hydrogens (primary N) is 1. The van der Waals surface area contributed by atoms with Crippen LogP contribution in [0.2, 0.25) is 0 Å². The minimum Gasteiger partial charge on any atom is -0.327 e. The molecule has 2 N–H and O–H groups in total. The average Bonchev–Trinajstić information content (AvgIpc) is 2.51. The van der Waals surface area contributed by atoms with Crippen LogP contribution in [0.25, 0.3) is 0 Å². The van der Waals surface area contributed by atoms with Crippen molar-refractivity contribution in [1.82, 2.24) is 4.90 Å². The van der Waals surface area contributed by atoms with E-state index in [0.29, 0.717) is 6.04 Å². The Morgan fingerprint density at radius 1 is 1.53 bits per heavy atom. The van der Waals surface area contributed by atoms with Crippen molar-refractivity contribution < 1.29 is 0 Å². The molecule has 1 aliphatic heterocycles. The second-order valence-electron chi connectivity index (χ2n) is 3.84. The summed E-state index contributed by atoms with van der Waals surface area (Å²) in [7, 11) is 0. The molecule has 2 heterocycles. The van der Waals surface area contributed by atoms with Crippen molar-refractivity contribution in [3.63, 3.8) is 0 Å². The maximum absolute atomic E-state index is 5.94. The van der Waals surface area contributed by atoms with Crippen LogP contribution in [-0.2, 0) is 6.54 Å². The van der Waals surface area contributed by atoms with Gasteiger partial charge in [0.1, 0.15) is 0 Å². The Morgan fingerprint density at radius 3 is 2.93 bits per heavy atom. The second kappa shape index (κ2) is 6.21. The number of nitrogens with zero attached hydrogens (tertiary/aromatic N) is 1. The van der Waals surface area contributed by atoms with Crippen LogP contribution >= 0.6 is 39.7 Å². The van der Waals surface area contributed by atoms with E-state index >= 15 is 0 Å². The molecule has 2 rings (SSSR count). The molecule has 15 heavy (non-hydrogen) atoms. The summed E-state index contributed by atoms with van der Waals surface area (Å²) in [5.74, 6) is 0. The van der Waals surface area contributed by atoms with E-state index in [1.165, 1.54) is 28.0 Å². The lowest BCUT2D eigenvalue weighted by Crippen LogP contribution is -2.42. The first kappa shape index (κ1) is 13.5. The zero-order valence-electron chi connectivity index (χ0n) is 8.49. The molecule has 1 atom stereocenters. The third-order valence-corrected chi connectivity index (χ3v) is 4.16. The lowest BCUT2D eigenvalue weighted by atomic mass is 10.1. The molecule has 0 saturated carbocycles. The highest BCUT2D eigenvalue weighted by Crippen LogP contribution is 2.24. The molecule has 1 unspecified atom stereocenters. The van der Waals surface area contributed by atoms with E-state index in [2.05, 4.69) is 33.0 Å². The van der Waals surface area contributed by atoms with Crippen molar-refractivity contribution in [3.8, 4) is 0 Å². The molecule has 5 heteroatoms. The molecule has 86 valence electrons. The number of likely N-dealkylation sites (tertiary alicyclic amines) is 1. The molecule has 1 saturated heterocycles. The van der Waals surface area contributed by atoms with Gasteiger partial charge in [-0.2, -0.15) is 0 Å². The molecule has 0 aliphatic carbocycles. The van der Waals surface area contributed by atoms with Gasteiger partial charge in [-0.3, -0.25) is 4.90 Å². The van der Waals surface area contributed by atoms with E-state index in [-0.39, 0.29) is 12.4 Å². The minimum absolute atomic E-state index is 0. The Labute approximate surface area is 109 Å². The van der Waals surface area contributed by atoms with E-state index < -0.39 is 0 Å². The standard InChI is InChI=1S/C10H15BrN2S.ClH/c11-10-4-3-9(14-10)7-13-5-1-2-8(12)6-13;/h3-4,8H,1-2,5-7,12H2;1H. The number of hydrogen-bond acceptors (Lipinski definition) is 3. The van der Waals surface area contributed by atoms with Crippen molar-refractivity contribution in [1.29, 1.82) is 0 Å². The van der Waals surface area contributed by atoms with Gasteiger partial charge in [0.05, 0.1) is 3.79 Å². The molecule has 0 spiro atoms.